The van der Waals surface area contributed by atoms with E-state index in [-0.39, 0.29) is 37.8 Å². The van der Waals surface area contributed by atoms with E-state index in [2.05, 4.69) is 5.32 Å². The first-order chi connectivity index (χ1) is 23.4. The van der Waals surface area contributed by atoms with Crippen molar-refractivity contribution in [2.45, 2.75) is 113 Å². The van der Waals surface area contributed by atoms with Crippen molar-refractivity contribution >= 4 is 52.9 Å². The van der Waals surface area contributed by atoms with Gasteiger partial charge in [-0.25, -0.2) is 8.42 Å². The van der Waals surface area contributed by atoms with E-state index in [0.717, 1.165) is 44.0 Å². The molecule has 5 rings (SSSR count). The lowest BCUT2D eigenvalue weighted by Crippen LogP contribution is -2.48. The highest BCUT2D eigenvalue weighted by molar-refractivity contribution is 7.93. The third-order valence-electron chi connectivity index (χ3n) is 9.04. The Morgan fingerprint density at radius 3 is 1.76 bits per heavy atom. The molecule has 0 heterocycles. The molecule has 3 aromatic carbocycles. The summed E-state index contributed by atoms with van der Waals surface area (Å²) in [6.45, 7) is 7.07. The van der Waals surface area contributed by atoms with Gasteiger partial charge in [0.2, 0.25) is 0 Å². The summed E-state index contributed by atoms with van der Waals surface area (Å²) in [5.74, 6) is 0. The van der Waals surface area contributed by atoms with Gasteiger partial charge in [0.25, 0.3) is 10.0 Å². The maximum atomic E-state index is 13.6. The van der Waals surface area contributed by atoms with Crippen LogP contribution in [-0.4, -0.2) is 46.3 Å². The van der Waals surface area contributed by atoms with Gasteiger partial charge in [-0.3, -0.25) is 4.31 Å². The fourth-order valence-electron chi connectivity index (χ4n) is 5.61. The van der Waals surface area contributed by atoms with Crippen molar-refractivity contribution in [3.63, 3.8) is 0 Å². The zero-order valence-corrected chi connectivity index (χ0v) is 32.1. The molecule has 0 spiro atoms. The largest absolute Gasteiger partial charge is 0.421 e. The van der Waals surface area contributed by atoms with Crippen LogP contribution in [0.2, 0.25) is 29.7 Å². The minimum absolute atomic E-state index is 0.00431. The van der Waals surface area contributed by atoms with Crippen LogP contribution < -0.4 is 9.62 Å². The molecule has 282 valence electrons. The topological polar surface area (TPSA) is 78.9 Å². The van der Waals surface area contributed by atoms with Gasteiger partial charge >= 0.3 is 12.4 Å². The number of benzene rings is 3. The molecule has 2 aliphatic rings. The molecule has 6 nitrogen and oxygen atoms in total. The number of halogens is 8. The fourth-order valence-corrected chi connectivity index (χ4v) is 9.52. The Morgan fingerprint density at radius 2 is 1.33 bits per heavy atom. The first kappa shape index (κ1) is 41.3. The summed E-state index contributed by atoms with van der Waals surface area (Å²) in [6.07, 6.45) is -3.80. The molecule has 2 saturated carbocycles. The van der Waals surface area contributed by atoms with Crippen LogP contribution in [0.25, 0.3) is 0 Å². The fraction of sp³-hybridized carbons (Fsp3) is 0.486. The summed E-state index contributed by atoms with van der Waals surface area (Å²) in [5.41, 5.74) is -4.49. The van der Waals surface area contributed by atoms with Crippen LogP contribution in [0.15, 0.2) is 71.6 Å². The van der Waals surface area contributed by atoms with Gasteiger partial charge < -0.3 is 14.8 Å². The molecule has 2 aliphatic carbocycles. The second-order valence-corrected chi connectivity index (χ2v) is 21.2. The Hall–Kier alpha value is -2.49. The van der Waals surface area contributed by atoms with Crippen molar-refractivity contribution in [3.05, 3.63) is 87.9 Å². The van der Waals surface area contributed by atoms with E-state index in [0.29, 0.717) is 25.8 Å². The molecule has 2 unspecified atom stereocenters. The van der Waals surface area contributed by atoms with Gasteiger partial charge in [-0.05, 0) is 126 Å². The highest BCUT2D eigenvalue weighted by Gasteiger charge is 2.55. The Balaban J connectivity index is 0.000000238. The van der Waals surface area contributed by atoms with E-state index >= 15 is 0 Å². The van der Waals surface area contributed by atoms with Crippen LogP contribution in [0.3, 0.4) is 0 Å². The van der Waals surface area contributed by atoms with Crippen LogP contribution in [0, 0.1) is 0 Å². The average Bonchev–Trinajstić information content (AvgIpc) is 2.96. The lowest BCUT2D eigenvalue weighted by molar-refractivity contribution is -0.258. The van der Waals surface area contributed by atoms with Gasteiger partial charge in [0.05, 0.1) is 10.7 Å². The van der Waals surface area contributed by atoms with E-state index in [4.69, 9.17) is 27.6 Å². The standard InChI is InChI=1S/C19H18Cl2F3NO3S.C16H24F3NOSi/c1-18(26,19(22,23)24)12-5-8-15(9-6-12)25(14-3-2-4-14)29(27,28)17-11-13(20)7-10-16(17)21;1-15(16(17,18)19,21-22(2,3)4)12-8-10-14(11-9-12)20-13-6-5-7-13/h5-11,14,26H,2-4H2,1H3;8-11,13,20H,5-7H2,1-4H3. The molecule has 0 radical (unpaired) electrons. The first-order valence-electron chi connectivity index (χ1n) is 16.4. The quantitative estimate of drug-likeness (QED) is 0.158. The van der Waals surface area contributed by atoms with Crippen molar-refractivity contribution in [3.8, 4) is 0 Å². The second-order valence-electron chi connectivity index (χ2n) is 14.2. The zero-order valence-electron chi connectivity index (χ0n) is 28.8. The van der Waals surface area contributed by atoms with Gasteiger partial charge in [0, 0.05) is 22.8 Å². The molecule has 0 aromatic heterocycles. The molecule has 0 aliphatic heterocycles. The number of rotatable bonds is 10. The van der Waals surface area contributed by atoms with Crippen LogP contribution in [0.4, 0.5) is 37.7 Å². The minimum Gasteiger partial charge on any atom is -0.401 e. The predicted octanol–water partition coefficient (Wildman–Crippen LogP) is 10.8. The van der Waals surface area contributed by atoms with Gasteiger partial charge in [0.15, 0.2) is 19.5 Å². The number of hydrogen-bond acceptors (Lipinski definition) is 5. The Kier molecular flexibility index (Phi) is 12.2. The number of alkyl halides is 6. The van der Waals surface area contributed by atoms with Gasteiger partial charge in [-0.2, -0.15) is 26.3 Å². The van der Waals surface area contributed by atoms with E-state index in [9.17, 15) is 39.9 Å². The molecule has 0 amide bonds. The summed E-state index contributed by atoms with van der Waals surface area (Å²) in [6, 6.07) is 15.3. The normalized spacial score (nSPS) is 18.3. The van der Waals surface area contributed by atoms with E-state index in [1.807, 2.05) is 0 Å². The number of aliphatic hydroxyl groups is 1. The molecule has 2 fully saturated rings. The number of nitrogens with zero attached hydrogens (tertiary/aromatic N) is 1. The average molecular weight is 800 g/mol. The third kappa shape index (κ3) is 9.36. The zero-order chi connectivity index (χ0) is 38.2. The summed E-state index contributed by atoms with van der Waals surface area (Å²) in [7, 11) is -6.47. The maximum absolute atomic E-state index is 13.6. The smallest absolute Gasteiger partial charge is 0.401 e. The molecule has 0 saturated heterocycles. The molecular weight excluding hydrogens is 757 g/mol. The van der Waals surface area contributed by atoms with E-state index < -0.39 is 41.9 Å². The highest BCUT2D eigenvalue weighted by atomic mass is 35.5. The predicted molar refractivity (Wildman–Crippen MR) is 191 cm³/mol. The summed E-state index contributed by atoms with van der Waals surface area (Å²) in [5, 5.41) is 13.4. The van der Waals surface area contributed by atoms with Crippen LogP contribution in [0.5, 0.6) is 0 Å². The van der Waals surface area contributed by atoms with Gasteiger partial charge in [0.1, 0.15) is 4.90 Å². The SMILES string of the molecule is CC(O)(c1ccc(N(C2CCC2)S(=O)(=O)c2cc(Cl)ccc2Cl)cc1)C(F)(F)F.CC(O[Si](C)(C)C)(c1ccc(NC2CCC2)cc1)C(F)(F)F. The first-order valence-corrected chi connectivity index (χ1v) is 22.0. The Morgan fingerprint density at radius 1 is 0.804 bits per heavy atom. The van der Waals surface area contributed by atoms with Crippen molar-refractivity contribution in [2.24, 2.45) is 0 Å². The van der Waals surface area contributed by atoms with E-state index in [1.54, 1.807) is 31.8 Å². The number of nitrogens with one attached hydrogen (secondary N) is 1. The molecule has 3 aromatic rings. The summed E-state index contributed by atoms with van der Waals surface area (Å²) < 4.78 is 113. The molecule has 2 atom stereocenters. The molecule has 51 heavy (non-hydrogen) atoms. The third-order valence-corrected chi connectivity index (χ3v) is 12.7. The maximum Gasteiger partial charge on any atom is 0.421 e. The van der Waals surface area contributed by atoms with Crippen LogP contribution in [-0.2, 0) is 25.7 Å². The van der Waals surface area contributed by atoms with Crippen molar-refractivity contribution in [1.29, 1.82) is 0 Å². The Labute approximate surface area is 306 Å². The van der Waals surface area contributed by atoms with Gasteiger partial charge in [-0.1, -0.05) is 47.5 Å². The highest BCUT2D eigenvalue weighted by Crippen LogP contribution is 2.45. The number of anilines is 2. The van der Waals surface area contributed by atoms with Gasteiger partial charge in [-0.15, -0.1) is 0 Å². The lowest BCUT2D eigenvalue weighted by atomic mass is 9.92. The molecule has 0 bridgehead atoms. The Bertz CT molecular complexity index is 1760. The number of hydrogen-bond donors (Lipinski definition) is 2. The summed E-state index contributed by atoms with van der Waals surface area (Å²) in [4.78, 5) is -0.176. The van der Waals surface area contributed by atoms with E-state index in [1.165, 1.54) is 53.2 Å². The van der Waals surface area contributed by atoms with Crippen molar-refractivity contribution in [2.75, 3.05) is 9.62 Å². The molecule has 16 heteroatoms. The monoisotopic (exact) mass is 798 g/mol. The second kappa shape index (κ2) is 15.1. The minimum atomic E-state index is -4.87. The lowest BCUT2D eigenvalue weighted by Gasteiger charge is -2.38. The van der Waals surface area contributed by atoms with Crippen molar-refractivity contribution < 1.29 is 44.3 Å². The van der Waals surface area contributed by atoms with Crippen LogP contribution >= 0.6 is 23.2 Å². The molecular formula is C35H42Cl2F6N2O4SSi. The van der Waals surface area contributed by atoms with Crippen molar-refractivity contribution in [1.82, 2.24) is 0 Å². The number of sulfonamides is 1. The molecule has 2 N–H and O–H groups in total. The van der Waals surface area contributed by atoms with Crippen LogP contribution in [0.1, 0.15) is 63.5 Å². The summed E-state index contributed by atoms with van der Waals surface area (Å²) >= 11 is 12.0.